The molecule has 136 valence electrons. The Morgan fingerprint density at radius 2 is 1.71 bits per heavy atom. The molecule has 24 heavy (non-hydrogen) atoms. The topological polar surface area (TPSA) is 78.0 Å². The van der Waals surface area contributed by atoms with E-state index in [4.69, 9.17) is 0 Å². The lowest BCUT2D eigenvalue weighted by molar-refractivity contribution is -0.139. The highest BCUT2D eigenvalue weighted by atomic mass is 16.2. The van der Waals surface area contributed by atoms with Crippen LogP contribution in [0.5, 0.6) is 0 Å². The Morgan fingerprint density at radius 3 is 2.25 bits per heavy atom. The van der Waals surface area contributed by atoms with Gasteiger partial charge in [0.05, 0.1) is 0 Å². The first kappa shape index (κ1) is 20.1. The van der Waals surface area contributed by atoms with E-state index in [1.165, 1.54) is 11.8 Å². The molecular formula is C17H29N3O4. The van der Waals surface area contributed by atoms with Gasteiger partial charge in [0, 0.05) is 59.4 Å². The van der Waals surface area contributed by atoms with Crippen molar-refractivity contribution in [1.82, 2.24) is 14.7 Å². The highest BCUT2D eigenvalue weighted by Gasteiger charge is 2.34. The predicted molar refractivity (Wildman–Crippen MR) is 89.9 cm³/mol. The van der Waals surface area contributed by atoms with Crippen LogP contribution in [0.4, 0.5) is 0 Å². The van der Waals surface area contributed by atoms with Crippen molar-refractivity contribution in [1.29, 1.82) is 0 Å². The van der Waals surface area contributed by atoms with E-state index in [-0.39, 0.29) is 29.5 Å². The molecule has 1 heterocycles. The fourth-order valence-electron chi connectivity index (χ4n) is 2.58. The van der Waals surface area contributed by atoms with E-state index < -0.39 is 0 Å². The molecule has 0 N–H and O–H groups in total. The zero-order chi connectivity index (χ0) is 18.3. The zero-order valence-electron chi connectivity index (χ0n) is 15.2. The summed E-state index contributed by atoms with van der Waals surface area (Å²) in [4.78, 5) is 51.1. The van der Waals surface area contributed by atoms with Crippen molar-refractivity contribution in [3.63, 3.8) is 0 Å². The first-order valence-electron chi connectivity index (χ1n) is 8.54. The summed E-state index contributed by atoms with van der Waals surface area (Å²) in [5.41, 5.74) is 0. The van der Waals surface area contributed by atoms with Crippen LogP contribution < -0.4 is 0 Å². The molecule has 0 saturated carbocycles. The van der Waals surface area contributed by atoms with Crippen molar-refractivity contribution < 1.29 is 19.2 Å². The van der Waals surface area contributed by atoms with Crippen LogP contribution in [-0.4, -0.2) is 72.1 Å². The number of unbranched alkanes of at least 4 members (excludes halogenated alkanes) is 2. The van der Waals surface area contributed by atoms with Gasteiger partial charge >= 0.3 is 0 Å². The molecule has 0 radical (unpaired) electrons. The van der Waals surface area contributed by atoms with Crippen LogP contribution in [0.25, 0.3) is 0 Å². The lowest BCUT2D eigenvalue weighted by Crippen LogP contribution is -2.36. The molecule has 7 nitrogen and oxygen atoms in total. The third-order valence-electron chi connectivity index (χ3n) is 4.48. The fraction of sp³-hybridized carbons (Fsp3) is 0.765. The normalized spacial score (nSPS) is 17.3. The summed E-state index contributed by atoms with van der Waals surface area (Å²) in [5.74, 6) is -0.325. The molecule has 0 aromatic heterocycles. The number of hydrogen-bond donors (Lipinski definition) is 0. The number of hydrogen-bond acceptors (Lipinski definition) is 4. The fourth-order valence-corrected chi connectivity index (χ4v) is 2.58. The van der Waals surface area contributed by atoms with Gasteiger partial charge in [-0.15, -0.1) is 0 Å². The quantitative estimate of drug-likeness (QED) is 0.461. The number of imide groups is 1. The standard InChI is InChI=1S/C17H29N3O4/c1-13-12-16(23)20(17(13)24)9-7-5-6-8-15(22)19(4)11-10-18(3)14(2)21/h13H,5-12H2,1-4H3. The van der Waals surface area contributed by atoms with Gasteiger partial charge in [0.15, 0.2) is 0 Å². The lowest BCUT2D eigenvalue weighted by atomic mass is 10.1. The second-order valence-corrected chi connectivity index (χ2v) is 6.56. The molecule has 1 saturated heterocycles. The summed E-state index contributed by atoms with van der Waals surface area (Å²) in [6, 6.07) is 0. The molecule has 0 aromatic carbocycles. The first-order chi connectivity index (χ1) is 11.2. The second kappa shape index (κ2) is 9.39. The van der Waals surface area contributed by atoms with E-state index >= 15 is 0 Å². The van der Waals surface area contributed by atoms with Crippen molar-refractivity contribution in [3.05, 3.63) is 0 Å². The molecule has 1 unspecified atom stereocenters. The minimum absolute atomic E-state index is 0.0174. The molecule has 1 rings (SSSR count). The summed E-state index contributed by atoms with van der Waals surface area (Å²) < 4.78 is 0. The SMILES string of the molecule is CC(=O)N(C)CCN(C)C(=O)CCCCCN1C(=O)CC(C)C1=O. The average molecular weight is 339 g/mol. The number of carbonyl (C=O) groups is 4. The Balaban J connectivity index is 2.16. The third kappa shape index (κ3) is 5.94. The Morgan fingerprint density at radius 1 is 1.08 bits per heavy atom. The first-order valence-corrected chi connectivity index (χ1v) is 8.54. The van der Waals surface area contributed by atoms with Crippen molar-refractivity contribution >= 4 is 23.6 Å². The number of amides is 4. The van der Waals surface area contributed by atoms with Crippen LogP contribution in [-0.2, 0) is 19.2 Å². The van der Waals surface area contributed by atoms with Crippen molar-refractivity contribution in [2.45, 2.75) is 46.0 Å². The minimum atomic E-state index is -0.194. The Hall–Kier alpha value is -1.92. The maximum atomic E-state index is 12.0. The third-order valence-corrected chi connectivity index (χ3v) is 4.48. The summed E-state index contributed by atoms with van der Waals surface area (Å²) in [5, 5.41) is 0. The molecule has 1 aliphatic heterocycles. The number of rotatable bonds is 9. The van der Waals surface area contributed by atoms with Gasteiger partial charge in [-0.1, -0.05) is 13.3 Å². The number of likely N-dealkylation sites (tertiary alicyclic amines) is 1. The molecule has 7 heteroatoms. The van der Waals surface area contributed by atoms with Crippen LogP contribution in [0.1, 0.15) is 46.0 Å². The van der Waals surface area contributed by atoms with Gasteiger partial charge in [-0.3, -0.25) is 24.1 Å². The maximum Gasteiger partial charge on any atom is 0.232 e. The highest BCUT2D eigenvalue weighted by Crippen LogP contribution is 2.19. The van der Waals surface area contributed by atoms with Crippen LogP contribution in [0.2, 0.25) is 0 Å². The molecule has 0 aromatic rings. The van der Waals surface area contributed by atoms with Gasteiger partial charge in [-0.25, -0.2) is 0 Å². The summed E-state index contributed by atoms with van der Waals surface area (Å²) in [6.07, 6.45) is 3.03. The van der Waals surface area contributed by atoms with Crippen molar-refractivity contribution in [3.8, 4) is 0 Å². The molecule has 1 fully saturated rings. The molecule has 4 amide bonds. The number of likely N-dealkylation sites (N-methyl/N-ethyl adjacent to an activating group) is 2. The van der Waals surface area contributed by atoms with Gasteiger partial charge in [-0.05, 0) is 12.8 Å². The molecule has 0 bridgehead atoms. The Labute approximate surface area is 143 Å². The van der Waals surface area contributed by atoms with Crippen molar-refractivity contribution in [2.24, 2.45) is 5.92 Å². The van der Waals surface area contributed by atoms with E-state index in [9.17, 15) is 19.2 Å². The largest absolute Gasteiger partial charge is 0.344 e. The van der Waals surface area contributed by atoms with Crippen LogP contribution in [0, 0.1) is 5.92 Å². The summed E-state index contributed by atoms with van der Waals surface area (Å²) >= 11 is 0. The maximum absolute atomic E-state index is 12.0. The van der Waals surface area contributed by atoms with Gasteiger partial charge in [0.2, 0.25) is 23.6 Å². The van der Waals surface area contributed by atoms with Gasteiger partial charge in [0.25, 0.3) is 0 Å². The Kier molecular flexibility index (Phi) is 7.88. The predicted octanol–water partition coefficient (Wildman–Crippen LogP) is 0.878. The highest BCUT2D eigenvalue weighted by molar-refractivity contribution is 6.03. The van der Waals surface area contributed by atoms with Gasteiger partial charge in [0.1, 0.15) is 0 Å². The number of carbonyl (C=O) groups excluding carboxylic acids is 4. The van der Waals surface area contributed by atoms with E-state index in [1.54, 1.807) is 30.8 Å². The van der Waals surface area contributed by atoms with Crippen molar-refractivity contribution in [2.75, 3.05) is 33.7 Å². The second-order valence-electron chi connectivity index (χ2n) is 6.56. The van der Waals surface area contributed by atoms with Crippen LogP contribution >= 0.6 is 0 Å². The smallest absolute Gasteiger partial charge is 0.232 e. The zero-order valence-corrected chi connectivity index (χ0v) is 15.2. The molecule has 0 aliphatic carbocycles. The molecule has 1 aliphatic rings. The lowest BCUT2D eigenvalue weighted by Gasteiger charge is -2.21. The molecule has 1 atom stereocenters. The summed E-state index contributed by atoms with van der Waals surface area (Å²) in [7, 11) is 3.45. The van der Waals surface area contributed by atoms with E-state index in [1.807, 2.05) is 0 Å². The van der Waals surface area contributed by atoms with Crippen LogP contribution in [0.3, 0.4) is 0 Å². The van der Waals surface area contributed by atoms with E-state index in [0.29, 0.717) is 32.5 Å². The average Bonchev–Trinajstić information content (AvgIpc) is 2.77. The van der Waals surface area contributed by atoms with Gasteiger partial charge in [-0.2, -0.15) is 0 Å². The molecule has 0 spiro atoms. The Bertz CT molecular complexity index is 492. The summed E-state index contributed by atoms with van der Waals surface area (Å²) in [6.45, 7) is 4.77. The number of nitrogens with zero attached hydrogens (tertiary/aromatic N) is 3. The van der Waals surface area contributed by atoms with Gasteiger partial charge < -0.3 is 9.80 Å². The van der Waals surface area contributed by atoms with Crippen LogP contribution in [0.15, 0.2) is 0 Å². The molecular weight excluding hydrogens is 310 g/mol. The monoisotopic (exact) mass is 339 g/mol. The van der Waals surface area contributed by atoms with E-state index in [0.717, 1.165) is 19.3 Å². The minimum Gasteiger partial charge on any atom is -0.344 e. The van der Waals surface area contributed by atoms with E-state index in [2.05, 4.69) is 0 Å².